The maximum Gasteiger partial charge on any atom is 0.147 e. The first-order valence-electron chi connectivity index (χ1n) is 5.27. The predicted octanol–water partition coefficient (Wildman–Crippen LogP) is 0.807. The molecule has 0 saturated carbocycles. The molecule has 0 amide bonds. The molecule has 0 aromatic rings. The highest BCUT2D eigenvalue weighted by Crippen LogP contribution is 2.17. The lowest BCUT2D eigenvalue weighted by molar-refractivity contribution is -0.125. The molecule has 0 bridgehead atoms. The smallest absolute Gasteiger partial charge is 0.147 e. The fraction of sp³-hybridized carbons (Fsp3) is 0.900. The molecule has 0 N–H and O–H groups in total. The first-order valence-corrected chi connectivity index (χ1v) is 7.33. The molecule has 1 heterocycles. The zero-order chi connectivity index (χ0) is 11.3. The zero-order valence-corrected chi connectivity index (χ0v) is 9.88. The van der Waals surface area contributed by atoms with Gasteiger partial charge < -0.3 is 4.74 Å². The number of Topliss-reactive ketones (excluding diaryl/α,β-unsaturated/α-hetero) is 1. The fourth-order valence-corrected chi connectivity index (χ4v) is 2.40. The lowest BCUT2D eigenvalue weighted by atomic mass is 9.93. The van der Waals surface area contributed by atoms with Crippen molar-refractivity contribution in [2.75, 3.05) is 25.2 Å². The number of carbonyl (C=O) groups is 1. The molecule has 1 aliphatic rings. The van der Waals surface area contributed by atoms with E-state index in [2.05, 4.69) is 0 Å². The molecule has 1 rings (SSSR count). The van der Waals surface area contributed by atoms with Crippen molar-refractivity contribution in [3.8, 4) is 0 Å². The van der Waals surface area contributed by atoms with Crippen LogP contribution in [0.4, 0.5) is 0 Å². The van der Waals surface area contributed by atoms with Gasteiger partial charge in [-0.25, -0.2) is 8.42 Å². The summed E-state index contributed by atoms with van der Waals surface area (Å²) in [5.74, 6) is 0.405. The SMILES string of the molecule is CS(=O)(=O)CCCC(=O)C1CCOCC1. The molecular weight excluding hydrogens is 216 g/mol. The Hall–Kier alpha value is -0.420. The van der Waals surface area contributed by atoms with E-state index in [-0.39, 0.29) is 17.5 Å². The first-order chi connectivity index (χ1) is 6.99. The summed E-state index contributed by atoms with van der Waals surface area (Å²) in [6.45, 7) is 1.31. The third-order valence-corrected chi connectivity index (χ3v) is 3.65. The van der Waals surface area contributed by atoms with Gasteiger partial charge in [-0.15, -0.1) is 0 Å². The Morgan fingerprint density at radius 2 is 1.93 bits per heavy atom. The third-order valence-electron chi connectivity index (χ3n) is 2.61. The summed E-state index contributed by atoms with van der Waals surface area (Å²) in [4.78, 5) is 11.6. The Kier molecular flexibility index (Phi) is 4.73. The molecule has 1 saturated heterocycles. The largest absolute Gasteiger partial charge is 0.381 e. The van der Waals surface area contributed by atoms with Gasteiger partial charge in [-0.3, -0.25) is 4.79 Å². The van der Waals surface area contributed by atoms with Crippen molar-refractivity contribution in [2.24, 2.45) is 5.92 Å². The van der Waals surface area contributed by atoms with E-state index in [0.29, 0.717) is 26.1 Å². The van der Waals surface area contributed by atoms with Crippen LogP contribution in [0.15, 0.2) is 0 Å². The van der Waals surface area contributed by atoms with E-state index in [9.17, 15) is 13.2 Å². The highest BCUT2D eigenvalue weighted by molar-refractivity contribution is 7.90. The average molecular weight is 234 g/mol. The number of ether oxygens (including phenoxy) is 1. The Balaban J connectivity index is 2.23. The van der Waals surface area contributed by atoms with Crippen LogP contribution in [-0.4, -0.2) is 39.4 Å². The highest BCUT2D eigenvalue weighted by atomic mass is 32.2. The van der Waals surface area contributed by atoms with Crippen LogP contribution < -0.4 is 0 Å². The van der Waals surface area contributed by atoms with Gasteiger partial charge in [0.2, 0.25) is 0 Å². The van der Waals surface area contributed by atoms with Crippen molar-refractivity contribution < 1.29 is 17.9 Å². The second kappa shape index (κ2) is 5.61. The van der Waals surface area contributed by atoms with Crippen molar-refractivity contribution in [1.29, 1.82) is 0 Å². The molecule has 0 aliphatic carbocycles. The summed E-state index contributed by atoms with van der Waals surface area (Å²) >= 11 is 0. The van der Waals surface area contributed by atoms with Crippen LogP contribution in [-0.2, 0) is 19.4 Å². The van der Waals surface area contributed by atoms with Gasteiger partial charge >= 0.3 is 0 Å². The van der Waals surface area contributed by atoms with Crippen LogP contribution in [0, 0.1) is 5.92 Å². The van der Waals surface area contributed by atoms with Crippen molar-refractivity contribution in [1.82, 2.24) is 0 Å². The fourth-order valence-electron chi connectivity index (χ4n) is 1.73. The summed E-state index contributed by atoms with van der Waals surface area (Å²) in [6.07, 6.45) is 3.62. The molecule has 0 unspecified atom stereocenters. The van der Waals surface area contributed by atoms with Crippen molar-refractivity contribution in [3.63, 3.8) is 0 Å². The Morgan fingerprint density at radius 1 is 1.33 bits per heavy atom. The van der Waals surface area contributed by atoms with Crippen molar-refractivity contribution in [2.45, 2.75) is 25.7 Å². The van der Waals surface area contributed by atoms with Crippen LogP contribution in [0.5, 0.6) is 0 Å². The van der Waals surface area contributed by atoms with Crippen LogP contribution in [0.25, 0.3) is 0 Å². The lowest BCUT2D eigenvalue weighted by Crippen LogP contribution is -2.23. The minimum atomic E-state index is -2.93. The number of carbonyl (C=O) groups excluding carboxylic acids is 1. The van der Waals surface area contributed by atoms with E-state index in [1.165, 1.54) is 6.26 Å². The van der Waals surface area contributed by atoms with Crippen LogP contribution in [0.2, 0.25) is 0 Å². The monoisotopic (exact) mass is 234 g/mol. The molecule has 5 heteroatoms. The summed E-state index contributed by atoms with van der Waals surface area (Å²) in [5, 5.41) is 0. The number of hydrogen-bond donors (Lipinski definition) is 0. The molecular formula is C10H18O4S. The average Bonchev–Trinajstić information content (AvgIpc) is 2.17. The summed E-state index contributed by atoms with van der Waals surface area (Å²) < 4.78 is 26.9. The van der Waals surface area contributed by atoms with Gasteiger partial charge in [0, 0.05) is 31.8 Å². The molecule has 0 aromatic carbocycles. The van der Waals surface area contributed by atoms with Crippen LogP contribution >= 0.6 is 0 Å². The van der Waals surface area contributed by atoms with Gasteiger partial charge in [-0.2, -0.15) is 0 Å². The second-order valence-corrected chi connectivity index (χ2v) is 6.35. The van der Waals surface area contributed by atoms with E-state index in [1.807, 2.05) is 0 Å². The molecule has 0 spiro atoms. The molecule has 1 fully saturated rings. The second-order valence-electron chi connectivity index (χ2n) is 4.09. The Bertz CT molecular complexity index is 301. The molecule has 15 heavy (non-hydrogen) atoms. The normalized spacial score (nSPS) is 19.0. The quantitative estimate of drug-likeness (QED) is 0.706. The van der Waals surface area contributed by atoms with Gasteiger partial charge in [-0.1, -0.05) is 0 Å². The molecule has 1 aliphatic heterocycles. The minimum Gasteiger partial charge on any atom is -0.381 e. The van der Waals surface area contributed by atoms with Gasteiger partial charge in [0.1, 0.15) is 15.6 Å². The maximum absolute atomic E-state index is 11.6. The molecule has 0 aromatic heterocycles. The summed E-state index contributed by atoms with van der Waals surface area (Å²) in [6, 6.07) is 0. The van der Waals surface area contributed by atoms with E-state index in [1.54, 1.807) is 0 Å². The summed E-state index contributed by atoms with van der Waals surface area (Å²) in [7, 11) is -2.93. The molecule has 0 atom stereocenters. The Labute approximate surface area is 90.9 Å². The van der Waals surface area contributed by atoms with Gasteiger partial charge in [-0.05, 0) is 19.3 Å². The van der Waals surface area contributed by atoms with Gasteiger partial charge in [0.25, 0.3) is 0 Å². The first kappa shape index (κ1) is 12.6. The molecule has 88 valence electrons. The summed E-state index contributed by atoms with van der Waals surface area (Å²) in [5.41, 5.74) is 0. The van der Waals surface area contributed by atoms with Gasteiger partial charge in [0.05, 0.1) is 5.75 Å². The number of ketones is 1. The number of hydrogen-bond acceptors (Lipinski definition) is 4. The third kappa shape index (κ3) is 5.28. The number of rotatable bonds is 5. The van der Waals surface area contributed by atoms with E-state index >= 15 is 0 Å². The van der Waals surface area contributed by atoms with E-state index in [0.717, 1.165) is 12.8 Å². The van der Waals surface area contributed by atoms with Gasteiger partial charge in [0.15, 0.2) is 0 Å². The lowest BCUT2D eigenvalue weighted by Gasteiger charge is -2.20. The van der Waals surface area contributed by atoms with Crippen LogP contribution in [0.3, 0.4) is 0 Å². The Morgan fingerprint density at radius 3 is 2.47 bits per heavy atom. The van der Waals surface area contributed by atoms with E-state index in [4.69, 9.17) is 4.74 Å². The molecule has 4 nitrogen and oxygen atoms in total. The topological polar surface area (TPSA) is 60.4 Å². The standard InChI is InChI=1S/C10H18O4S/c1-15(12,13)8-2-3-10(11)9-4-6-14-7-5-9/h9H,2-8H2,1H3. The predicted molar refractivity (Wildman–Crippen MR) is 57.5 cm³/mol. The maximum atomic E-state index is 11.6. The minimum absolute atomic E-state index is 0.0957. The van der Waals surface area contributed by atoms with Crippen molar-refractivity contribution >= 4 is 15.6 Å². The van der Waals surface area contributed by atoms with Crippen LogP contribution in [0.1, 0.15) is 25.7 Å². The highest BCUT2D eigenvalue weighted by Gasteiger charge is 2.21. The molecule has 0 radical (unpaired) electrons. The zero-order valence-electron chi connectivity index (χ0n) is 9.07. The number of sulfone groups is 1. The van der Waals surface area contributed by atoms with Crippen molar-refractivity contribution in [3.05, 3.63) is 0 Å². The van der Waals surface area contributed by atoms with E-state index < -0.39 is 9.84 Å².